The molecule has 1 aromatic carbocycles. The number of carboxylic acids is 1. The fourth-order valence-corrected chi connectivity index (χ4v) is 4.06. The average molecular weight is 399 g/mol. The van der Waals surface area contributed by atoms with Crippen molar-refractivity contribution in [1.29, 1.82) is 0 Å². The summed E-state index contributed by atoms with van der Waals surface area (Å²) in [5.41, 5.74) is 0.879. The maximum Gasteiger partial charge on any atom is 0.416 e. The van der Waals surface area contributed by atoms with E-state index in [-0.39, 0.29) is 12.0 Å². The molecule has 0 amide bonds. The number of halogens is 3. The molecule has 0 bridgehead atoms. The minimum Gasteiger partial charge on any atom is -0.481 e. The molecule has 28 heavy (non-hydrogen) atoms. The monoisotopic (exact) mass is 399 g/mol. The van der Waals surface area contributed by atoms with Crippen LogP contribution < -0.4 is 10.2 Å². The molecule has 0 spiro atoms. The van der Waals surface area contributed by atoms with Crippen molar-refractivity contribution in [1.82, 2.24) is 10.2 Å². The fourth-order valence-electron chi connectivity index (χ4n) is 4.06. The largest absolute Gasteiger partial charge is 0.481 e. The van der Waals surface area contributed by atoms with Crippen molar-refractivity contribution in [2.45, 2.75) is 44.4 Å². The van der Waals surface area contributed by atoms with Gasteiger partial charge in [0.25, 0.3) is 0 Å². The summed E-state index contributed by atoms with van der Waals surface area (Å²) in [6.45, 7) is 3.70. The first kappa shape index (κ1) is 20.9. The van der Waals surface area contributed by atoms with E-state index < -0.39 is 17.7 Å². The van der Waals surface area contributed by atoms with Gasteiger partial charge in [-0.25, -0.2) is 0 Å². The minimum absolute atomic E-state index is 0.144. The van der Waals surface area contributed by atoms with Gasteiger partial charge >= 0.3 is 12.1 Å². The number of aliphatic carboxylic acids is 1. The molecule has 0 unspecified atom stereocenters. The van der Waals surface area contributed by atoms with E-state index in [2.05, 4.69) is 15.1 Å². The number of piperazine rings is 1. The van der Waals surface area contributed by atoms with Crippen LogP contribution in [0.2, 0.25) is 0 Å². The average Bonchev–Trinajstić information content (AvgIpc) is 2.66. The van der Waals surface area contributed by atoms with E-state index in [1.165, 1.54) is 6.07 Å². The third kappa shape index (κ3) is 5.17. The molecule has 0 radical (unpaired) electrons. The van der Waals surface area contributed by atoms with Gasteiger partial charge in [-0.05, 0) is 56.5 Å². The lowest BCUT2D eigenvalue weighted by Gasteiger charge is -2.36. The van der Waals surface area contributed by atoms with Gasteiger partial charge in [0.15, 0.2) is 0 Å². The second kappa shape index (κ2) is 8.69. The first-order valence-corrected chi connectivity index (χ1v) is 9.84. The zero-order valence-corrected chi connectivity index (χ0v) is 16.1. The predicted molar refractivity (Wildman–Crippen MR) is 101 cm³/mol. The van der Waals surface area contributed by atoms with Crippen LogP contribution in [0.15, 0.2) is 18.2 Å². The van der Waals surface area contributed by atoms with Crippen molar-refractivity contribution < 1.29 is 23.1 Å². The second-order valence-electron chi connectivity index (χ2n) is 7.90. The number of anilines is 1. The Balaban J connectivity index is 1.71. The minimum atomic E-state index is -4.37. The van der Waals surface area contributed by atoms with Crippen LogP contribution in [0.25, 0.3) is 0 Å². The van der Waals surface area contributed by atoms with Gasteiger partial charge in [0, 0.05) is 44.5 Å². The van der Waals surface area contributed by atoms with E-state index in [1.807, 2.05) is 7.05 Å². The van der Waals surface area contributed by atoms with Crippen molar-refractivity contribution in [3.63, 3.8) is 0 Å². The van der Waals surface area contributed by atoms with Crippen molar-refractivity contribution in [2.75, 3.05) is 38.1 Å². The van der Waals surface area contributed by atoms with Crippen molar-refractivity contribution >= 4 is 11.7 Å². The number of alkyl halides is 3. The van der Waals surface area contributed by atoms with E-state index >= 15 is 0 Å². The molecule has 1 saturated heterocycles. The maximum absolute atomic E-state index is 13.2. The molecule has 0 atom stereocenters. The van der Waals surface area contributed by atoms with Gasteiger partial charge in [0.05, 0.1) is 11.5 Å². The SMILES string of the molecule is CN1CCN(c2ccc(C(F)(F)F)cc2CNC2CCC(C(=O)O)CC2)CC1. The third-order valence-corrected chi connectivity index (χ3v) is 5.91. The van der Waals surface area contributed by atoms with Gasteiger partial charge in [0.1, 0.15) is 0 Å². The number of nitrogens with zero attached hydrogens (tertiary/aromatic N) is 2. The molecule has 0 aromatic heterocycles. The van der Waals surface area contributed by atoms with Crippen LogP contribution >= 0.6 is 0 Å². The van der Waals surface area contributed by atoms with E-state index in [0.717, 1.165) is 50.8 Å². The highest BCUT2D eigenvalue weighted by Gasteiger charge is 2.32. The number of hydrogen-bond acceptors (Lipinski definition) is 4. The van der Waals surface area contributed by atoms with Gasteiger partial charge in [-0.1, -0.05) is 0 Å². The Morgan fingerprint density at radius 1 is 1.14 bits per heavy atom. The van der Waals surface area contributed by atoms with Crippen LogP contribution in [0.3, 0.4) is 0 Å². The Morgan fingerprint density at radius 3 is 2.36 bits per heavy atom. The maximum atomic E-state index is 13.2. The summed E-state index contributed by atoms with van der Waals surface area (Å²) in [6, 6.07) is 4.15. The molecule has 156 valence electrons. The highest BCUT2D eigenvalue weighted by Crippen LogP contribution is 2.33. The topological polar surface area (TPSA) is 55.8 Å². The van der Waals surface area contributed by atoms with Gasteiger partial charge < -0.3 is 20.2 Å². The molecule has 1 saturated carbocycles. The normalized spacial score (nSPS) is 24.4. The van der Waals surface area contributed by atoms with Crippen molar-refractivity contribution in [3.05, 3.63) is 29.3 Å². The molecular weight excluding hydrogens is 371 g/mol. The molecule has 2 N–H and O–H groups in total. The second-order valence-corrected chi connectivity index (χ2v) is 7.90. The highest BCUT2D eigenvalue weighted by atomic mass is 19.4. The lowest BCUT2D eigenvalue weighted by atomic mass is 9.86. The zero-order valence-electron chi connectivity index (χ0n) is 16.1. The highest BCUT2D eigenvalue weighted by molar-refractivity contribution is 5.70. The number of carbonyl (C=O) groups is 1. The van der Waals surface area contributed by atoms with E-state index in [1.54, 1.807) is 6.07 Å². The summed E-state index contributed by atoms with van der Waals surface area (Å²) in [4.78, 5) is 15.4. The Morgan fingerprint density at radius 2 is 1.79 bits per heavy atom. The number of benzene rings is 1. The third-order valence-electron chi connectivity index (χ3n) is 5.91. The lowest BCUT2D eigenvalue weighted by molar-refractivity contribution is -0.143. The van der Waals surface area contributed by atoms with Crippen LogP contribution in [-0.2, 0) is 17.5 Å². The van der Waals surface area contributed by atoms with Crippen LogP contribution in [0.5, 0.6) is 0 Å². The number of hydrogen-bond donors (Lipinski definition) is 2. The zero-order chi connectivity index (χ0) is 20.3. The molecule has 3 rings (SSSR count). The molecule has 8 heteroatoms. The Bertz CT molecular complexity index is 680. The number of likely N-dealkylation sites (N-methyl/N-ethyl adjacent to an activating group) is 1. The Hall–Kier alpha value is -1.80. The molecule has 1 heterocycles. The summed E-state index contributed by atoms with van der Waals surface area (Å²) in [7, 11) is 2.04. The Labute approximate surface area is 163 Å². The molecule has 1 aliphatic heterocycles. The van der Waals surface area contributed by atoms with Crippen LogP contribution in [0.1, 0.15) is 36.8 Å². The van der Waals surface area contributed by atoms with Crippen LogP contribution in [-0.4, -0.2) is 55.2 Å². The number of nitrogens with one attached hydrogen (secondary N) is 1. The summed E-state index contributed by atoms with van der Waals surface area (Å²) in [6.07, 6.45) is -1.67. The first-order valence-electron chi connectivity index (χ1n) is 9.84. The van der Waals surface area contributed by atoms with Crippen molar-refractivity contribution in [3.8, 4) is 0 Å². The molecule has 2 aliphatic rings. The predicted octanol–water partition coefficient (Wildman–Crippen LogP) is 3.19. The molecular formula is C20H28F3N3O2. The van der Waals surface area contributed by atoms with E-state index in [9.17, 15) is 18.0 Å². The standard InChI is InChI=1S/C20H28F3N3O2/c1-25-8-10-26(11-9-25)18-7-4-16(20(21,22)23)12-15(18)13-24-17-5-2-14(3-6-17)19(27)28/h4,7,12,14,17,24H,2-3,5-6,8-11,13H2,1H3,(H,27,28). The molecule has 1 aromatic rings. The summed E-state index contributed by atoms with van der Waals surface area (Å²) in [5, 5.41) is 12.5. The molecule has 2 fully saturated rings. The fraction of sp³-hybridized carbons (Fsp3) is 0.650. The lowest BCUT2D eigenvalue weighted by Crippen LogP contribution is -2.45. The van der Waals surface area contributed by atoms with Gasteiger partial charge in [-0.3, -0.25) is 4.79 Å². The van der Waals surface area contributed by atoms with E-state index in [0.29, 0.717) is 24.9 Å². The van der Waals surface area contributed by atoms with Gasteiger partial charge in [-0.15, -0.1) is 0 Å². The van der Waals surface area contributed by atoms with E-state index in [4.69, 9.17) is 5.11 Å². The summed E-state index contributed by atoms with van der Waals surface area (Å²) in [5.74, 6) is -1.05. The number of carboxylic acid groups (broad SMARTS) is 1. The smallest absolute Gasteiger partial charge is 0.416 e. The van der Waals surface area contributed by atoms with Crippen LogP contribution in [0, 0.1) is 5.92 Å². The molecule has 1 aliphatic carbocycles. The van der Waals surface area contributed by atoms with Crippen LogP contribution in [0.4, 0.5) is 18.9 Å². The first-order chi connectivity index (χ1) is 13.2. The summed E-state index contributed by atoms with van der Waals surface area (Å²) < 4.78 is 39.6. The number of rotatable bonds is 5. The van der Waals surface area contributed by atoms with Gasteiger partial charge in [-0.2, -0.15) is 13.2 Å². The Kier molecular flexibility index (Phi) is 6.50. The van der Waals surface area contributed by atoms with Gasteiger partial charge in [0.2, 0.25) is 0 Å². The summed E-state index contributed by atoms with van der Waals surface area (Å²) >= 11 is 0. The van der Waals surface area contributed by atoms with Crippen molar-refractivity contribution in [2.24, 2.45) is 5.92 Å². The quantitative estimate of drug-likeness (QED) is 0.797. The molecule has 5 nitrogen and oxygen atoms in total.